The molecule has 0 saturated carbocycles. The third-order valence-corrected chi connectivity index (χ3v) is 4.45. The second-order valence-electron chi connectivity index (χ2n) is 6.59. The molecule has 8 nitrogen and oxygen atoms in total. The first-order valence-corrected chi connectivity index (χ1v) is 8.15. The van der Waals surface area contributed by atoms with Gasteiger partial charge in [-0.2, -0.15) is 26.3 Å². The number of nitro benzene ring substituents is 2. The summed E-state index contributed by atoms with van der Waals surface area (Å²) in [4.78, 5) is 19.7. The van der Waals surface area contributed by atoms with Crippen LogP contribution in [-0.2, 0) is 5.41 Å². The number of nitrogens with zero attached hydrogens (tertiary/aromatic N) is 2. The van der Waals surface area contributed by atoms with Crippen molar-refractivity contribution in [1.82, 2.24) is 0 Å². The van der Waals surface area contributed by atoms with Crippen molar-refractivity contribution >= 4 is 11.4 Å². The van der Waals surface area contributed by atoms with Crippen LogP contribution in [0.25, 0.3) is 0 Å². The van der Waals surface area contributed by atoms with Crippen LogP contribution in [0.3, 0.4) is 0 Å². The number of hydrogen-bond donors (Lipinski definition) is 2. The molecule has 14 heteroatoms. The zero-order valence-corrected chi connectivity index (χ0v) is 15.1. The molecule has 0 heterocycles. The van der Waals surface area contributed by atoms with E-state index in [0.717, 1.165) is 0 Å². The van der Waals surface area contributed by atoms with Crippen LogP contribution in [0.2, 0.25) is 0 Å². The predicted molar refractivity (Wildman–Crippen MR) is 91.6 cm³/mol. The maximum atomic E-state index is 13.4. The van der Waals surface area contributed by atoms with Crippen molar-refractivity contribution in [3.05, 3.63) is 67.8 Å². The van der Waals surface area contributed by atoms with E-state index in [9.17, 15) is 56.8 Å². The van der Waals surface area contributed by atoms with Gasteiger partial charge in [-0.3, -0.25) is 20.2 Å². The van der Waals surface area contributed by atoms with Gasteiger partial charge in [0.25, 0.3) is 0 Å². The highest BCUT2D eigenvalue weighted by Crippen LogP contribution is 2.50. The standard InChI is InChI=1S/C17H12F6N2O6/c18-16(19,20)7-15(8-17(21,22)23,9-1-3-13(26)11(5-9)24(28)29)10-2-4-14(27)12(6-10)25(30)31/h1-6,26-27H,7-8H2. The van der Waals surface area contributed by atoms with Crippen molar-refractivity contribution in [3.8, 4) is 11.5 Å². The maximum Gasteiger partial charge on any atom is 0.390 e. The number of phenolic OH excluding ortho intramolecular Hbond substituents is 2. The lowest BCUT2D eigenvalue weighted by Crippen LogP contribution is -2.38. The van der Waals surface area contributed by atoms with Gasteiger partial charge < -0.3 is 10.2 Å². The van der Waals surface area contributed by atoms with Gasteiger partial charge >= 0.3 is 23.7 Å². The number of aromatic hydroxyl groups is 2. The lowest BCUT2D eigenvalue weighted by molar-refractivity contribution is -0.386. The molecule has 0 unspecified atom stereocenters. The minimum atomic E-state index is -5.25. The summed E-state index contributed by atoms with van der Waals surface area (Å²) in [6.45, 7) is 0. The monoisotopic (exact) mass is 454 g/mol. The highest BCUT2D eigenvalue weighted by molar-refractivity contribution is 5.56. The van der Waals surface area contributed by atoms with Crippen LogP contribution in [-0.4, -0.2) is 32.4 Å². The van der Waals surface area contributed by atoms with Gasteiger partial charge in [0.1, 0.15) is 0 Å². The Morgan fingerprint density at radius 3 is 1.29 bits per heavy atom. The molecule has 2 N–H and O–H groups in total. The molecule has 0 aromatic heterocycles. The van der Waals surface area contributed by atoms with Crippen molar-refractivity contribution in [3.63, 3.8) is 0 Å². The Hall–Kier alpha value is -3.58. The van der Waals surface area contributed by atoms with Crippen LogP contribution in [0.1, 0.15) is 24.0 Å². The molecule has 0 aliphatic carbocycles. The highest BCUT2D eigenvalue weighted by Gasteiger charge is 2.52. The van der Waals surface area contributed by atoms with Crippen molar-refractivity contribution in [1.29, 1.82) is 0 Å². The number of rotatable bonds is 6. The van der Waals surface area contributed by atoms with Gasteiger partial charge in [-0.05, 0) is 23.3 Å². The molecular formula is C17H12F6N2O6. The Balaban J connectivity index is 2.95. The zero-order valence-electron chi connectivity index (χ0n) is 15.1. The fourth-order valence-corrected chi connectivity index (χ4v) is 3.26. The van der Waals surface area contributed by atoms with Crippen LogP contribution in [0.15, 0.2) is 36.4 Å². The van der Waals surface area contributed by atoms with Crippen molar-refractivity contribution in [2.24, 2.45) is 0 Å². The van der Waals surface area contributed by atoms with E-state index >= 15 is 0 Å². The van der Waals surface area contributed by atoms with Gasteiger partial charge in [0.2, 0.25) is 0 Å². The molecule has 0 amide bonds. The van der Waals surface area contributed by atoms with Crippen molar-refractivity contribution < 1.29 is 46.4 Å². The summed E-state index contributed by atoms with van der Waals surface area (Å²) in [5.41, 5.74) is -7.11. The Labute approximate surface area is 168 Å². The lowest BCUT2D eigenvalue weighted by atomic mass is 9.69. The molecule has 0 atom stereocenters. The minimum Gasteiger partial charge on any atom is -0.502 e. The molecule has 0 fully saturated rings. The van der Waals surface area contributed by atoms with Crippen LogP contribution >= 0.6 is 0 Å². The van der Waals surface area contributed by atoms with Gasteiger partial charge in [-0.15, -0.1) is 0 Å². The van der Waals surface area contributed by atoms with E-state index in [1.807, 2.05) is 0 Å². The van der Waals surface area contributed by atoms with Gasteiger partial charge in [-0.25, -0.2) is 0 Å². The van der Waals surface area contributed by atoms with Crippen LogP contribution in [0.5, 0.6) is 11.5 Å². The summed E-state index contributed by atoms with van der Waals surface area (Å²) in [7, 11) is 0. The SMILES string of the molecule is O=[N+]([O-])c1cc(C(CC(F)(F)F)(CC(F)(F)F)c2ccc(O)c([N+](=O)[O-])c2)ccc1O. The number of benzene rings is 2. The van der Waals surface area contributed by atoms with Crippen LogP contribution in [0.4, 0.5) is 37.7 Å². The Kier molecular flexibility index (Phi) is 6.06. The van der Waals surface area contributed by atoms with E-state index in [1.165, 1.54) is 0 Å². The topological polar surface area (TPSA) is 127 Å². The Bertz CT molecular complexity index is 940. The molecule has 0 radical (unpaired) electrons. The van der Waals surface area contributed by atoms with E-state index in [2.05, 4.69) is 0 Å². The summed E-state index contributed by atoms with van der Waals surface area (Å²) in [6.07, 6.45) is -14.9. The Morgan fingerprint density at radius 2 is 1.03 bits per heavy atom. The van der Waals surface area contributed by atoms with E-state index in [0.29, 0.717) is 36.4 Å². The van der Waals surface area contributed by atoms with E-state index in [-0.39, 0.29) is 0 Å². The number of phenols is 2. The first-order chi connectivity index (χ1) is 14.1. The molecule has 2 rings (SSSR count). The third kappa shape index (κ3) is 5.32. The van der Waals surface area contributed by atoms with Gasteiger partial charge in [-0.1, -0.05) is 12.1 Å². The molecule has 31 heavy (non-hydrogen) atoms. The van der Waals surface area contributed by atoms with E-state index in [4.69, 9.17) is 0 Å². The number of halogens is 6. The first kappa shape index (κ1) is 23.7. The molecule has 2 aromatic carbocycles. The fourth-order valence-electron chi connectivity index (χ4n) is 3.26. The van der Waals surface area contributed by atoms with Gasteiger partial charge in [0.05, 0.1) is 22.7 Å². The largest absolute Gasteiger partial charge is 0.502 e. The summed E-state index contributed by atoms with van der Waals surface area (Å²) >= 11 is 0. The maximum absolute atomic E-state index is 13.4. The van der Waals surface area contributed by atoms with Crippen molar-refractivity contribution in [2.45, 2.75) is 30.6 Å². The number of hydrogen-bond acceptors (Lipinski definition) is 6. The summed E-state index contributed by atoms with van der Waals surface area (Å²) < 4.78 is 80.6. The second kappa shape index (κ2) is 7.92. The molecule has 168 valence electrons. The van der Waals surface area contributed by atoms with Gasteiger partial charge in [0.15, 0.2) is 11.5 Å². The average molecular weight is 454 g/mol. The molecule has 0 aliphatic rings. The molecule has 0 aliphatic heterocycles. The molecular weight excluding hydrogens is 442 g/mol. The smallest absolute Gasteiger partial charge is 0.390 e. The normalized spacial score (nSPS) is 12.6. The molecule has 0 saturated heterocycles. The summed E-state index contributed by atoms with van der Waals surface area (Å²) in [5, 5.41) is 41.3. The van der Waals surface area contributed by atoms with Gasteiger partial charge in [0, 0.05) is 17.5 Å². The Morgan fingerprint density at radius 1 is 0.710 bits per heavy atom. The average Bonchev–Trinajstić information content (AvgIpc) is 2.58. The third-order valence-electron chi connectivity index (χ3n) is 4.45. The lowest BCUT2D eigenvalue weighted by Gasteiger charge is -2.36. The first-order valence-electron chi connectivity index (χ1n) is 8.15. The number of alkyl halides is 6. The summed E-state index contributed by atoms with van der Waals surface area (Å²) in [6, 6.07) is 3.10. The zero-order chi connectivity index (χ0) is 23.8. The van der Waals surface area contributed by atoms with Crippen molar-refractivity contribution in [2.75, 3.05) is 0 Å². The van der Waals surface area contributed by atoms with E-state index < -0.39 is 74.5 Å². The highest BCUT2D eigenvalue weighted by atomic mass is 19.4. The number of nitro groups is 2. The van der Waals surface area contributed by atoms with Crippen LogP contribution in [0, 0.1) is 20.2 Å². The fraction of sp³-hybridized carbons (Fsp3) is 0.294. The molecule has 2 aromatic rings. The quantitative estimate of drug-likeness (QED) is 0.355. The molecule has 0 spiro atoms. The minimum absolute atomic E-state index is 0.353. The summed E-state index contributed by atoms with van der Waals surface area (Å²) in [5.74, 6) is -2.00. The van der Waals surface area contributed by atoms with E-state index in [1.54, 1.807) is 0 Å². The van der Waals surface area contributed by atoms with Crippen LogP contribution < -0.4 is 0 Å². The second-order valence-corrected chi connectivity index (χ2v) is 6.59. The molecule has 0 bridgehead atoms. The predicted octanol–water partition coefficient (Wildman–Crippen LogP) is 5.11.